The maximum Gasteiger partial charge on any atom is 0.331 e. The fourth-order valence-electron chi connectivity index (χ4n) is 0.968. The molecule has 0 amide bonds. The van der Waals surface area contributed by atoms with Crippen molar-refractivity contribution in [2.75, 3.05) is 52.9 Å². The Hall–Kier alpha value is -2.27. The number of aliphatic hydroxyl groups is 2. The summed E-state index contributed by atoms with van der Waals surface area (Å²) in [5.41, 5.74) is 0. The largest absolute Gasteiger partial charge is 0.478 e. The molecule has 0 unspecified atom stereocenters. The van der Waals surface area contributed by atoms with Gasteiger partial charge in [0.15, 0.2) is 0 Å². The van der Waals surface area contributed by atoms with Gasteiger partial charge >= 0.3 is 17.9 Å². The van der Waals surface area contributed by atoms with E-state index in [1.165, 1.54) is 0 Å². The van der Waals surface area contributed by atoms with E-state index in [-0.39, 0.29) is 52.9 Å². The molecule has 3 N–H and O–H groups in total. The molecular formula is C15H24O10. The third-order valence-corrected chi connectivity index (χ3v) is 1.95. The van der Waals surface area contributed by atoms with Crippen molar-refractivity contribution < 1.29 is 48.7 Å². The van der Waals surface area contributed by atoms with E-state index in [9.17, 15) is 14.4 Å². The van der Waals surface area contributed by atoms with Gasteiger partial charge < -0.3 is 34.3 Å². The molecule has 0 aromatic carbocycles. The van der Waals surface area contributed by atoms with Crippen LogP contribution in [0.5, 0.6) is 0 Å². The molecule has 0 aromatic rings. The highest BCUT2D eigenvalue weighted by Gasteiger charge is 2.01. The third-order valence-electron chi connectivity index (χ3n) is 1.95. The molecule has 0 rings (SSSR count). The molecule has 0 saturated heterocycles. The van der Waals surface area contributed by atoms with E-state index in [4.69, 9.17) is 34.3 Å². The Labute approximate surface area is 145 Å². The van der Waals surface area contributed by atoms with E-state index < -0.39 is 17.9 Å². The van der Waals surface area contributed by atoms with Crippen LogP contribution in [-0.4, -0.2) is 86.1 Å². The van der Waals surface area contributed by atoms with E-state index in [0.717, 1.165) is 18.2 Å². The fraction of sp³-hybridized carbons (Fsp3) is 0.533. The summed E-state index contributed by atoms with van der Waals surface area (Å²) in [6, 6.07) is 0. The average molecular weight is 364 g/mol. The Morgan fingerprint density at radius 1 is 0.760 bits per heavy atom. The van der Waals surface area contributed by atoms with E-state index in [1.54, 1.807) is 0 Å². The van der Waals surface area contributed by atoms with Gasteiger partial charge in [-0.25, -0.2) is 14.4 Å². The van der Waals surface area contributed by atoms with Gasteiger partial charge in [-0.15, -0.1) is 0 Å². The molecular weight excluding hydrogens is 340 g/mol. The molecule has 0 atom stereocenters. The van der Waals surface area contributed by atoms with Crippen LogP contribution in [0.1, 0.15) is 0 Å². The van der Waals surface area contributed by atoms with Gasteiger partial charge in [0, 0.05) is 18.2 Å². The molecule has 0 heterocycles. The molecule has 0 saturated carbocycles. The van der Waals surface area contributed by atoms with Crippen LogP contribution < -0.4 is 0 Å². The molecule has 0 aliphatic heterocycles. The van der Waals surface area contributed by atoms with Crippen molar-refractivity contribution in [2.45, 2.75) is 0 Å². The summed E-state index contributed by atoms with van der Waals surface area (Å²) in [6.07, 6.45) is 2.73. The van der Waals surface area contributed by atoms with Gasteiger partial charge in [-0.05, 0) is 0 Å². The van der Waals surface area contributed by atoms with Crippen molar-refractivity contribution in [1.29, 1.82) is 0 Å². The molecule has 10 nitrogen and oxygen atoms in total. The molecule has 10 heteroatoms. The predicted molar refractivity (Wildman–Crippen MR) is 84.7 cm³/mol. The van der Waals surface area contributed by atoms with Crippen molar-refractivity contribution in [1.82, 2.24) is 0 Å². The van der Waals surface area contributed by atoms with Crippen LogP contribution >= 0.6 is 0 Å². The molecule has 0 fully saturated rings. The van der Waals surface area contributed by atoms with E-state index in [2.05, 4.69) is 6.58 Å². The quantitative estimate of drug-likeness (QED) is 0.209. The fourth-order valence-corrected chi connectivity index (χ4v) is 0.968. The number of aliphatic hydroxyl groups excluding tert-OH is 2. The summed E-state index contributed by atoms with van der Waals surface area (Å²) < 4.78 is 19.1. The molecule has 0 aliphatic carbocycles. The molecule has 0 bridgehead atoms. The highest BCUT2D eigenvalue weighted by atomic mass is 16.6. The smallest absolute Gasteiger partial charge is 0.331 e. The van der Waals surface area contributed by atoms with Gasteiger partial charge in [-0.2, -0.15) is 0 Å². The van der Waals surface area contributed by atoms with Crippen molar-refractivity contribution in [3.05, 3.63) is 24.8 Å². The lowest BCUT2D eigenvalue weighted by molar-refractivity contribution is -0.142. The summed E-state index contributed by atoms with van der Waals surface area (Å²) in [6.45, 7) is 3.54. The maximum atomic E-state index is 11.1. The zero-order valence-electron chi connectivity index (χ0n) is 13.8. The van der Waals surface area contributed by atoms with Crippen LogP contribution in [0.25, 0.3) is 0 Å². The molecule has 0 radical (unpaired) electrons. The molecule has 0 aliphatic rings. The van der Waals surface area contributed by atoms with Crippen LogP contribution in [0.2, 0.25) is 0 Å². The third kappa shape index (κ3) is 24.1. The van der Waals surface area contributed by atoms with Crippen LogP contribution in [0.4, 0.5) is 0 Å². The Balaban J connectivity index is 0. The average Bonchev–Trinajstić information content (AvgIpc) is 2.60. The normalized spacial score (nSPS) is 9.84. The Kier molecular flexibility index (Phi) is 19.8. The number of carboxylic acid groups (broad SMARTS) is 1. The van der Waals surface area contributed by atoms with Gasteiger partial charge in [-0.1, -0.05) is 6.58 Å². The van der Waals surface area contributed by atoms with Gasteiger partial charge in [0.25, 0.3) is 0 Å². The zero-order valence-corrected chi connectivity index (χ0v) is 13.8. The lowest BCUT2D eigenvalue weighted by Crippen LogP contribution is -2.12. The van der Waals surface area contributed by atoms with Crippen molar-refractivity contribution in [3.63, 3.8) is 0 Å². The van der Waals surface area contributed by atoms with E-state index in [1.807, 2.05) is 0 Å². The lowest BCUT2D eigenvalue weighted by Gasteiger charge is -2.03. The number of ether oxygens (including phenoxy) is 4. The Bertz CT molecular complexity index is 377. The van der Waals surface area contributed by atoms with Crippen molar-refractivity contribution >= 4 is 17.9 Å². The summed E-state index contributed by atoms with van der Waals surface area (Å²) in [7, 11) is 0. The SMILES string of the molecule is C=CC(=O)O.O=C(/C=C\C(=O)OCCOCCO)OCCOCCO. The molecule has 0 spiro atoms. The second-order valence-corrected chi connectivity index (χ2v) is 3.88. The van der Waals surface area contributed by atoms with Crippen LogP contribution in [-0.2, 0) is 33.3 Å². The topological polar surface area (TPSA) is 149 Å². The van der Waals surface area contributed by atoms with Crippen molar-refractivity contribution in [2.24, 2.45) is 0 Å². The second-order valence-electron chi connectivity index (χ2n) is 3.88. The minimum Gasteiger partial charge on any atom is -0.478 e. The highest BCUT2D eigenvalue weighted by molar-refractivity contribution is 5.91. The lowest BCUT2D eigenvalue weighted by atomic mass is 10.5. The number of carboxylic acids is 1. The minimum absolute atomic E-state index is 0.0349. The number of carbonyl (C=O) groups excluding carboxylic acids is 2. The number of hydrogen-bond acceptors (Lipinski definition) is 9. The number of esters is 2. The Morgan fingerprint density at radius 2 is 1.12 bits per heavy atom. The van der Waals surface area contributed by atoms with Crippen LogP contribution in [0.3, 0.4) is 0 Å². The van der Waals surface area contributed by atoms with Crippen LogP contribution in [0, 0.1) is 0 Å². The van der Waals surface area contributed by atoms with E-state index in [0.29, 0.717) is 0 Å². The first-order valence-electron chi connectivity index (χ1n) is 7.22. The molecule has 144 valence electrons. The van der Waals surface area contributed by atoms with Crippen molar-refractivity contribution in [3.8, 4) is 0 Å². The first-order valence-corrected chi connectivity index (χ1v) is 7.22. The Morgan fingerprint density at radius 3 is 1.40 bits per heavy atom. The summed E-state index contributed by atoms with van der Waals surface area (Å²) in [5.74, 6) is -2.36. The first kappa shape index (κ1) is 25.0. The first-order chi connectivity index (χ1) is 12.0. The summed E-state index contributed by atoms with van der Waals surface area (Å²) in [4.78, 5) is 31.5. The zero-order chi connectivity index (χ0) is 19.3. The van der Waals surface area contributed by atoms with E-state index >= 15 is 0 Å². The number of rotatable bonds is 13. The maximum absolute atomic E-state index is 11.1. The molecule has 25 heavy (non-hydrogen) atoms. The highest BCUT2D eigenvalue weighted by Crippen LogP contribution is 1.87. The number of hydrogen-bond donors (Lipinski definition) is 3. The van der Waals surface area contributed by atoms with Gasteiger partial charge in [-0.3, -0.25) is 0 Å². The van der Waals surface area contributed by atoms with Gasteiger partial charge in [0.1, 0.15) is 13.2 Å². The summed E-state index contributed by atoms with van der Waals surface area (Å²) >= 11 is 0. The number of aliphatic carboxylic acids is 1. The number of carbonyl (C=O) groups is 3. The standard InChI is InChI=1S/C12H20O8.C3H4O2/c13-3-5-17-7-9-19-11(15)1-2-12(16)20-10-8-18-6-4-14;1-2-3(4)5/h1-2,13-14H,3-10H2;2H,1H2,(H,4,5)/b2-1-;. The predicted octanol–water partition coefficient (Wildman–Crippen LogP) is -1.10. The summed E-state index contributed by atoms with van der Waals surface area (Å²) in [5, 5.41) is 24.4. The van der Waals surface area contributed by atoms with Gasteiger partial charge in [0.2, 0.25) is 0 Å². The second kappa shape index (κ2) is 19.8. The molecule has 0 aromatic heterocycles. The monoisotopic (exact) mass is 364 g/mol. The van der Waals surface area contributed by atoms with Gasteiger partial charge in [0.05, 0.1) is 39.6 Å². The van der Waals surface area contributed by atoms with Crippen LogP contribution in [0.15, 0.2) is 24.8 Å². The minimum atomic E-state index is -0.981.